The Morgan fingerprint density at radius 2 is 2.33 bits per heavy atom. The van der Waals surface area contributed by atoms with Crippen molar-refractivity contribution >= 4 is 5.91 Å². The zero-order valence-electron chi connectivity index (χ0n) is 12.7. The van der Waals surface area contributed by atoms with Crippen LogP contribution in [0.15, 0.2) is 18.3 Å². The molecular formula is C17H22N2O2. The monoisotopic (exact) mass is 286 g/mol. The van der Waals surface area contributed by atoms with E-state index in [9.17, 15) is 4.79 Å². The first-order valence-corrected chi connectivity index (χ1v) is 7.47. The van der Waals surface area contributed by atoms with E-state index in [1.54, 1.807) is 18.3 Å². The van der Waals surface area contributed by atoms with E-state index in [2.05, 4.69) is 30.7 Å². The normalized spacial score (nSPS) is 17.7. The first kappa shape index (κ1) is 15.5. The molecule has 1 aliphatic rings. The maximum absolute atomic E-state index is 12.4. The van der Waals surface area contributed by atoms with Crippen molar-refractivity contribution in [3.63, 3.8) is 0 Å². The summed E-state index contributed by atoms with van der Waals surface area (Å²) < 4.78 is 0. The zero-order valence-corrected chi connectivity index (χ0v) is 12.7. The molecule has 4 nitrogen and oxygen atoms in total. The number of pyridine rings is 1. The van der Waals surface area contributed by atoms with E-state index < -0.39 is 0 Å². The molecule has 1 aliphatic heterocycles. The largest absolute Gasteiger partial charge is 0.395 e. The van der Waals surface area contributed by atoms with Crippen LogP contribution in [-0.2, 0) is 0 Å². The molecule has 1 aromatic rings. The Balaban J connectivity index is 1.99. The van der Waals surface area contributed by atoms with E-state index in [1.807, 2.05) is 4.90 Å². The lowest BCUT2D eigenvalue weighted by Gasteiger charge is -2.17. The molecule has 0 aliphatic carbocycles. The maximum Gasteiger partial charge on any atom is 0.272 e. The molecular weight excluding hydrogens is 264 g/mol. The van der Waals surface area contributed by atoms with E-state index in [0.717, 1.165) is 25.1 Å². The second kappa shape index (κ2) is 7.24. The van der Waals surface area contributed by atoms with Crippen molar-refractivity contribution in [2.75, 3.05) is 19.7 Å². The van der Waals surface area contributed by atoms with Crippen molar-refractivity contribution in [1.82, 2.24) is 9.88 Å². The molecule has 0 aromatic carbocycles. The van der Waals surface area contributed by atoms with Gasteiger partial charge in [0.05, 0.1) is 6.61 Å². The summed E-state index contributed by atoms with van der Waals surface area (Å²) in [5.41, 5.74) is 1.24. The molecule has 0 radical (unpaired) electrons. The van der Waals surface area contributed by atoms with Crippen LogP contribution in [0.5, 0.6) is 0 Å². The second-order valence-electron chi connectivity index (χ2n) is 5.75. The third kappa shape index (κ3) is 4.05. The number of aliphatic hydroxyl groups is 1. The Morgan fingerprint density at radius 1 is 1.52 bits per heavy atom. The quantitative estimate of drug-likeness (QED) is 0.864. The fourth-order valence-corrected chi connectivity index (χ4v) is 2.49. The van der Waals surface area contributed by atoms with Gasteiger partial charge < -0.3 is 10.0 Å². The predicted molar refractivity (Wildman–Crippen MR) is 81.7 cm³/mol. The number of rotatable bonds is 3. The van der Waals surface area contributed by atoms with Crippen LogP contribution >= 0.6 is 0 Å². The van der Waals surface area contributed by atoms with Crippen LogP contribution in [0.25, 0.3) is 0 Å². The lowest BCUT2D eigenvalue weighted by atomic mass is 9.95. The van der Waals surface area contributed by atoms with E-state index in [4.69, 9.17) is 5.11 Å². The fourth-order valence-electron chi connectivity index (χ4n) is 2.49. The van der Waals surface area contributed by atoms with Gasteiger partial charge in [-0.05, 0) is 30.4 Å². The predicted octanol–water partition coefficient (Wildman–Crippen LogP) is 1.93. The van der Waals surface area contributed by atoms with Gasteiger partial charge in [-0.2, -0.15) is 0 Å². The summed E-state index contributed by atoms with van der Waals surface area (Å²) in [5.74, 6) is 6.96. The summed E-state index contributed by atoms with van der Waals surface area (Å²) in [7, 11) is 0. The molecule has 1 aromatic heterocycles. The van der Waals surface area contributed by atoms with Gasteiger partial charge in [0, 0.05) is 31.3 Å². The SMILES string of the molecule is CC(C)C1CCN(C(=O)c2ccc(C#CCCO)cn2)C1. The third-order valence-electron chi connectivity index (χ3n) is 3.91. The van der Waals surface area contributed by atoms with Gasteiger partial charge in [0.1, 0.15) is 5.69 Å². The van der Waals surface area contributed by atoms with Gasteiger partial charge >= 0.3 is 0 Å². The minimum atomic E-state index is 0.00742. The molecule has 1 saturated heterocycles. The first-order valence-electron chi connectivity index (χ1n) is 7.47. The van der Waals surface area contributed by atoms with Crippen molar-refractivity contribution in [1.29, 1.82) is 0 Å². The first-order chi connectivity index (χ1) is 10.1. The Labute approximate surface area is 126 Å². The molecule has 4 heteroatoms. The van der Waals surface area contributed by atoms with Gasteiger partial charge in [-0.15, -0.1) is 0 Å². The highest BCUT2D eigenvalue weighted by Crippen LogP contribution is 2.24. The Morgan fingerprint density at radius 3 is 2.90 bits per heavy atom. The summed E-state index contributed by atoms with van der Waals surface area (Å²) in [6.07, 6.45) is 3.15. The Hall–Kier alpha value is -1.86. The smallest absolute Gasteiger partial charge is 0.272 e. The number of amides is 1. The third-order valence-corrected chi connectivity index (χ3v) is 3.91. The van der Waals surface area contributed by atoms with Crippen LogP contribution in [0.4, 0.5) is 0 Å². The molecule has 1 fully saturated rings. The van der Waals surface area contributed by atoms with Crippen molar-refractivity contribution in [2.24, 2.45) is 11.8 Å². The summed E-state index contributed by atoms with van der Waals surface area (Å²) >= 11 is 0. The van der Waals surface area contributed by atoms with Crippen LogP contribution in [0.2, 0.25) is 0 Å². The molecule has 1 N–H and O–H groups in total. The van der Waals surface area contributed by atoms with Gasteiger partial charge in [0.15, 0.2) is 0 Å². The van der Waals surface area contributed by atoms with Gasteiger partial charge in [-0.25, -0.2) is 4.98 Å². The summed E-state index contributed by atoms with van der Waals surface area (Å²) in [5, 5.41) is 8.67. The van der Waals surface area contributed by atoms with Crippen LogP contribution < -0.4 is 0 Å². The molecule has 112 valence electrons. The number of hydrogen-bond acceptors (Lipinski definition) is 3. The molecule has 0 spiro atoms. The van der Waals surface area contributed by atoms with Crippen LogP contribution in [0.1, 0.15) is 42.7 Å². The number of nitrogens with zero attached hydrogens (tertiary/aromatic N) is 2. The number of carbonyl (C=O) groups is 1. The highest BCUT2D eigenvalue weighted by Gasteiger charge is 2.29. The van der Waals surface area contributed by atoms with Gasteiger partial charge in [-0.3, -0.25) is 4.79 Å². The van der Waals surface area contributed by atoms with Gasteiger partial charge in [0.25, 0.3) is 5.91 Å². The van der Waals surface area contributed by atoms with Crippen molar-refractivity contribution < 1.29 is 9.90 Å². The molecule has 1 atom stereocenters. The molecule has 1 amide bonds. The lowest BCUT2D eigenvalue weighted by Crippen LogP contribution is -2.30. The van der Waals surface area contributed by atoms with Crippen molar-refractivity contribution in [2.45, 2.75) is 26.7 Å². The molecule has 2 rings (SSSR count). The number of hydrogen-bond donors (Lipinski definition) is 1. The molecule has 2 heterocycles. The molecule has 0 bridgehead atoms. The topological polar surface area (TPSA) is 53.4 Å². The number of carbonyl (C=O) groups excluding carboxylic acids is 1. The van der Waals surface area contributed by atoms with Crippen molar-refractivity contribution in [3.05, 3.63) is 29.6 Å². The number of aliphatic hydroxyl groups excluding tert-OH is 1. The van der Waals surface area contributed by atoms with Crippen molar-refractivity contribution in [3.8, 4) is 11.8 Å². The molecule has 1 unspecified atom stereocenters. The molecule has 0 saturated carbocycles. The maximum atomic E-state index is 12.4. The summed E-state index contributed by atoms with van der Waals surface area (Å²) in [6.45, 7) is 6.12. The van der Waals surface area contributed by atoms with Gasteiger partial charge in [0.2, 0.25) is 0 Å². The molecule has 21 heavy (non-hydrogen) atoms. The van der Waals surface area contributed by atoms with E-state index in [0.29, 0.717) is 24.0 Å². The average molecular weight is 286 g/mol. The van der Waals surface area contributed by atoms with Crippen LogP contribution in [0.3, 0.4) is 0 Å². The Bertz CT molecular complexity index is 540. The number of aromatic nitrogens is 1. The van der Waals surface area contributed by atoms with E-state index >= 15 is 0 Å². The second-order valence-corrected chi connectivity index (χ2v) is 5.75. The van der Waals surface area contributed by atoms with E-state index in [1.165, 1.54) is 0 Å². The zero-order chi connectivity index (χ0) is 15.2. The fraction of sp³-hybridized carbons (Fsp3) is 0.529. The highest BCUT2D eigenvalue weighted by molar-refractivity contribution is 5.92. The summed E-state index contributed by atoms with van der Waals surface area (Å²) in [6, 6.07) is 3.54. The summed E-state index contributed by atoms with van der Waals surface area (Å²) in [4.78, 5) is 18.5. The van der Waals surface area contributed by atoms with Crippen LogP contribution in [0, 0.1) is 23.7 Å². The highest BCUT2D eigenvalue weighted by atomic mass is 16.2. The van der Waals surface area contributed by atoms with Gasteiger partial charge in [-0.1, -0.05) is 25.7 Å². The average Bonchev–Trinajstić information content (AvgIpc) is 2.97. The minimum absolute atomic E-state index is 0.00742. The number of likely N-dealkylation sites (tertiary alicyclic amines) is 1. The van der Waals surface area contributed by atoms with E-state index in [-0.39, 0.29) is 12.5 Å². The lowest BCUT2D eigenvalue weighted by molar-refractivity contribution is 0.0778. The Kier molecular flexibility index (Phi) is 5.35. The minimum Gasteiger partial charge on any atom is -0.395 e. The van der Waals surface area contributed by atoms with Crippen LogP contribution in [-0.4, -0.2) is 40.6 Å². The standard InChI is InChI=1S/C17H22N2O2/c1-13(2)15-8-9-19(12-15)17(21)16-7-6-14(11-18-16)5-3-4-10-20/h6-7,11,13,15,20H,4,8-10,12H2,1-2H3.